The molecule has 0 aromatic rings. The fraction of sp³-hybridized carbons (Fsp3) is 0.917. The van der Waals surface area contributed by atoms with E-state index in [1.807, 2.05) is 23.9 Å². The first-order valence-electron chi connectivity index (χ1n) is 6.14. The Labute approximate surface area is 98.8 Å². The number of hydrogen-bond acceptors (Lipinski definition) is 3. The van der Waals surface area contributed by atoms with Crippen LogP contribution in [0.3, 0.4) is 0 Å². The van der Waals surface area contributed by atoms with E-state index in [0.717, 1.165) is 25.9 Å². The summed E-state index contributed by atoms with van der Waals surface area (Å²) >= 11 is 0. The number of carbonyl (C=O) groups excluding carboxylic acids is 1. The van der Waals surface area contributed by atoms with Gasteiger partial charge in [0.15, 0.2) is 0 Å². The minimum Gasteiger partial charge on any atom is -0.341 e. The van der Waals surface area contributed by atoms with Crippen molar-refractivity contribution >= 4 is 5.91 Å². The molecule has 0 radical (unpaired) electrons. The molecule has 2 N–H and O–H groups in total. The van der Waals surface area contributed by atoms with Gasteiger partial charge in [0, 0.05) is 19.1 Å². The van der Waals surface area contributed by atoms with Gasteiger partial charge in [0.2, 0.25) is 5.91 Å². The number of amides is 1. The molecule has 94 valence electrons. The highest BCUT2D eigenvalue weighted by molar-refractivity contribution is 5.82. The Morgan fingerprint density at radius 3 is 2.19 bits per heavy atom. The van der Waals surface area contributed by atoms with Crippen molar-refractivity contribution in [2.75, 3.05) is 27.2 Å². The second-order valence-corrected chi connectivity index (χ2v) is 5.32. The van der Waals surface area contributed by atoms with Gasteiger partial charge in [-0.05, 0) is 32.9 Å². The lowest BCUT2D eigenvalue weighted by molar-refractivity contribution is -0.138. The monoisotopic (exact) mass is 227 g/mol. The number of nitrogens with zero attached hydrogens (tertiary/aromatic N) is 2. The molecule has 0 aliphatic carbocycles. The smallest absolute Gasteiger partial charge is 0.240 e. The first kappa shape index (κ1) is 13.5. The van der Waals surface area contributed by atoms with Gasteiger partial charge in [-0.15, -0.1) is 0 Å². The Morgan fingerprint density at radius 1 is 1.31 bits per heavy atom. The predicted octanol–water partition coefficient (Wildman–Crippen LogP) is 0.522. The van der Waals surface area contributed by atoms with Crippen molar-refractivity contribution in [1.29, 1.82) is 0 Å². The van der Waals surface area contributed by atoms with Crippen molar-refractivity contribution in [2.45, 2.75) is 38.8 Å². The number of nitrogens with two attached hydrogens (primary N) is 1. The fourth-order valence-corrected chi connectivity index (χ4v) is 2.41. The van der Waals surface area contributed by atoms with Crippen LogP contribution in [0.1, 0.15) is 26.7 Å². The number of likely N-dealkylation sites (N-methyl/N-ethyl adjacent to an activating group) is 1. The number of carbonyl (C=O) groups is 1. The molecule has 1 atom stereocenters. The summed E-state index contributed by atoms with van der Waals surface area (Å²) in [4.78, 5) is 16.3. The minimum atomic E-state index is -0.00526. The molecular weight excluding hydrogens is 202 g/mol. The molecule has 1 aliphatic rings. The number of rotatable bonds is 3. The molecule has 0 bridgehead atoms. The van der Waals surface area contributed by atoms with Crippen LogP contribution >= 0.6 is 0 Å². The topological polar surface area (TPSA) is 49.6 Å². The van der Waals surface area contributed by atoms with Crippen molar-refractivity contribution in [2.24, 2.45) is 11.7 Å². The third kappa shape index (κ3) is 3.19. The summed E-state index contributed by atoms with van der Waals surface area (Å²) in [5.41, 5.74) is 5.84. The second-order valence-electron chi connectivity index (χ2n) is 5.32. The van der Waals surface area contributed by atoms with Crippen LogP contribution in [-0.4, -0.2) is 55.0 Å². The van der Waals surface area contributed by atoms with E-state index in [2.05, 4.69) is 13.8 Å². The standard InChI is InChI=1S/C12H25N3O/c1-9(2)11(14(3)4)12(16)15-7-5-10(13)6-8-15/h9-11H,5-8,13H2,1-4H3. The molecule has 16 heavy (non-hydrogen) atoms. The highest BCUT2D eigenvalue weighted by Gasteiger charge is 2.30. The molecule has 1 saturated heterocycles. The summed E-state index contributed by atoms with van der Waals surface area (Å²) in [5, 5.41) is 0. The number of piperidine rings is 1. The summed E-state index contributed by atoms with van der Waals surface area (Å²) in [5.74, 6) is 0.602. The van der Waals surface area contributed by atoms with Crippen LogP contribution in [0.4, 0.5) is 0 Å². The van der Waals surface area contributed by atoms with Gasteiger partial charge in [0.25, 0.3) is 0 Å². The van der Waals surface area contributed by atoms with Crippen LogP contribution in [0.15, 0.2) is 0 Å². The van der Waals surface area contributed by atoms with Crippen LogP contribution in [0.25, 0.3) is 0 Å². The molecular formula is C12H25N3O. The van der Waals surface area contributed by atoms with Crippen molar-refractivity contribution in [3.8, 4) is 0 Å². The van der Waals surface area contributed by atoms with Gasteiger partial charge in [0.1, 0.15) is 0 Å². The molecule has 1 heterocycles. The lowest BCUT2D eigenvalue weighted by Gasteiger charge is -2.36. The van der Waals surface area contributed by atoms with Crippen LogP contribution < -0.4 is 5.73 Å². The second kappa shape index (κ2) is 5.64. The molecule has 0 aromatic heterocycles. The summed E-state index contributed by atoms with van der Waals surface area (Å²) in [6, 6.07) is 0.273. The molecule has 1 rings (SSSR count). The average molecular weight is 227 g/mol. The largest absolute Gasteiger partial charge is 0.341 e. The fourth-order valence-electron chi connectivity index (χ4n) is 2.41. The zero-order chi connectivity index (χ0) is 12.3. The predicted molar refractivity (Wildman–Crippen MR) is 66.1 cm³/mol. The lowest BCUT2D eigenvalue weighted by atomic mass is 9.99. The summed E-state index contributed by atoms with van der Waals surface area (Å²) in [6.07, 6.45) is 1.87. The van der Waals surface area contributed by atoms with E-state index in [1.54, 1.807) is 0 Å². The van der Waals surface area contributed by atoms with Crippen molar-refractivity contribution in [3.63, 3.8) is 0 Å². The first-order valence-corrected chi connectivity index (χ1v) is 6.14. The van der Waals surface area contributed by atoms with Gasteiger partial charge in [-0.25, -0.2) is 0 Å². The SMILES string of the molecule is CC(C)C(C(=O)N1CCC(N)CC1)N(C)C. The highest BCUT2D eigenvalue weighted by atomic mass is 16.2. The van der Waals surface area contributed by atoms with Gasteiger partial charge in [0.05, 0.1) is 6.04 Å². The first-order chi connectivity index (χ1) is 7.43. The van der Waals surface area contributed by atoms with Gasteiger partial charge in [-0.2, -0.15) is 0 Å². The maximum atomic E-state index is 12.3. The highest BCUT2D eigenvalue weighted by Crippen LogP contribution is 2.15. The Bertz CT molecular complexity index is 224. The maximum absolute atomic E-state index is 12.3. The Kier molecular flexibility index (Phi) is 4.74. The molecule has 1 unspecified atom stereocenters. The van der Waals surface area contributed by atoms with Crippen LogP contribution in [0, 0.1) is 5.92 Å². The molecule has 0 saturated carbocycles. The van der Waals surface area contributed by atoms with E-state index < -0.39 is 0 Å². The molecule has 4 heteroatoms. The van der Waals surface area contributed by atoms with Crippen molar-refractivity contribution in [3.05, 3.63) is 0 Å². The van der Waals surface area contributed by atoms with Crippen LogP contribution in [-0.2, 0) is 4.79 Å². The third-order valence-electron chi connectivity index (χ3n) is 3.29. The quantitative estimate of drug-likeness (QED) is 0.765. The average Bonchev–Trinajstić information content (AvgIpc) is 2.17. The Balaban J connectivity index is 2.61. The molecule has 0 spiro atoms. The zero-order valence-corrected chi connectivity index (χ0v) is 10.9. The van der Waals surface area contributed by atoms with E-state index >= 15 is 0 Å². The lowest BCUT2D eigenvalue weighted by Crippen LogP contribution is -2.52. The van der Waals surface area contributed by atoms with Gasteiger partial charge in [-0.3, -0.25) is 9.69 Å². The number of hydrogen-bond donors (Lipinski definition) is 1. The Morgan fingerprint density at radius 2 is 1.81 bits per heavy atom. The van der Waals surface area contributed by atoms with E-state index in [-0.39, 0.29) is 18.0 Å². The summed E-state index contributed by atoms with van der Waals surface area (Å²) in [6.45, 7) is 5.82. The maximum Gasteiger partial charge on any atom is 0.240 e. The molecule has 1 aliphatic heterocycles. The van der Waals surface area contributed by atoms with Gasteiger partial charge in [-0.1, -0.05) is 13.8 Å². The zero-order valence-electron chi connectivity index (χ0n) is 10.9. The van der Waals surface area contributed by atoms with Crippen molar-refractivity contribution in [1.82, 2.24) is 9.80 Å². The third-order valence-corrected chi connectivity index (χ3v) is 3.29. The number of likely N-dealkylation sites (tertiary alicyclic amines) is 1. The molecule has 1 amide bonds. The summed E-state index contributed by atoms with van der Waals surface area (Å²) in [7, 11) is 3.94. The van der Waals surface area contributed by atoms with Gasteiger partial charge < -0.3 is 10.6 Å². The summed E-state index contributed by atoms with van der Waals surface area (Å²) < 4.78 is 0. The minimum absolute atomic E-state index is 0.00526. The normalized spacial score (nSPS) is 20.6. The van der Waals surface area contributed by atoms with Gasteiger partial charge >= 0.3 is 0 Å². The molecule has 1 fully saturated rings. The van der Waals surface area contributed by atoms with Crippen LogP contribution in [0.5, 0.6) is 0 Å². The molecule has 0 aromatic carbocycles. The van der Waals surface area contributed by atoms with E-state index in [0.29, 0.717) is 5.92 Å². The van der Waals surface area contributed by atoms with E-state index in [9.17, 15) is 4.79 Å². The molecule has 4 nitrogen and oxygen atoms in total. The van der Waals surface area contributed by atoms with E-state index in [4.69, 9.17) is 5.73 Å². The van der Waals surface area contributed by atoms with Crippen molar-refractivity contribution < 1.29 is 4.79 Å². The Hall–Kier alpha value is -0.610. The van der Waals surface area contributed by atoms with Crippen LogP contribution in [0.2, 0.25) is 0 Å². The van der Waals surface area contributed by atoms with E-state index in [1.165, 1.54) is 0 Å².